The summed E-state index contributed by atoms with van der Waals surface area (Å²) in [7, 11) is 0. The summed E-state index contributed by atoms with van der Waals surface area (Å²) in [6.45, 7) is 1.61. The van der Waals surface area contributed by atoms with Gasteiger partial charge in [-0.3, -0.25) is 9.59 Å². The van der Waals surface area contributed by atoms with E-state index in [0.29, 0.717) is 0 Å². The SMILES string of the molecule is CC[C@@H](NC(=O)C(N)CCC(=O)O)C(=O)O. The molecule has 1 unspecified atom stereocenters. The van der Waals surface area contributed by atoms with Gasteiger partial charge in [-0.25, -0.2) is 4.79 Å². The number of rotatable bonds is 7. The molecule has 0 aromatic rings. The van der Waals surface area contributed by atoms with Crippen molar-refractivity contribution in [3.8, 4) is 0 Å². The summed E-state index contributed by atoms with van der Waals surface area (Å²) < 4.78 is 0. The Labute approximate surface area is 92.6 Å². The zero-order chi connectivity index (χ0) is 12.7. The van der Waals surface area contributed by atoms with Gasteiger partial charge >= 0.3 is 11.9 Å². The van der Waals surface area contributed by atoms with E-state index in [1.165, 1.54) is 0 Å². The molecule has 0 aliphatic carbocycles. The van der Waals surface area contributed by atoms with Crippen LogP contribution >= 0.6 is 0 Å². The second-order valence-electron chi connectivity index (χ2n) is 3.35. The number of carbonyl (C=O) groups excluding carboxylic acids is 1. The van der Waals surface area contributed by atoms with Gasteiger partial charge in [-0.05, 0) is 12.8 Å². The smallest absolute Gasteiger partial charge is 0.326 e. The number of hydrogen-bond donors (Lipinski definition) is 4. The lowest BCUT2D eigenvalue weighted by molar-refractivity contribution is -0.142. The third-order valence-corrected chi connectivity index (χ3v) is 2.03. The van der Waals surface area contributed by atoms with Crippen molar-refractivity contribution < 1.29 is 24.6 Å². The fourth-order valence-electron chi connectivity index (χ4n) is 1.03. The van der Waals surface area contributed by atoms with Crippen LogP contribution in [0.25, 0.3) is 0 Å². The van der Waals surface area contributed by atoms with Crippen LogP contribution in [0.5, 0.6) is 0 Å². The number of carbonyl (C=O) groups is 3. The lowest BCUT2D eigenvalue weighted by atomic mass is 10.1. The highest BCUT2D eigenvalue weighted by Crippen LogP contribution is 1.97. The van der Waals surface area contributed by atoms with E-state index in [-0.39, 0.29) is 19.3 Å². The maximum absolute atomic E-state index is 11.3. The van der Waals surface area contributed by atoms with Crippen LogP contribution < -0.4 is 11.1 Å². The van der Waals surface area contributed by atoms with Crippen LogP contribution in [-0.2, 0) is 14.4 Å². The van der Waals surface area contributed by atoms with Crippen molar-refractivity contribution in [3.05, 3.63) is 0 Å². The van der Waals surface area contributed by atoms with Crippen molar-refractivity contribution in [1.82, 2.24) is 5.32 Å². The molecule has 0 bridgehead atoms. The van der Waals surface area contributed by atoms with Gasteiger partial charge in [0.15, 0.2) is 0 Å². The first-order valence-electron chi connectivity index (χ1n) is 4.89. The molecule has 0 saturated carbocycles. The molecule has 0 spiro atoms. The largest absolute Gasteiger partial charge is 0.481 e. The minimum atomic E-state index is -1.14. The number of carboxylic acid groups (broad SMARTS) is 2. The maximum Gasteiger partial charge on any atom is 0.326 e. The molecule has 92 valence electrons. The minimum absolute atomic E-state index is 0.0166. The van der Waals surface area contributed by atoms with Gasteiger partial charge in [0.1, 0.15) is 6.04 Å². The molecule has 7 heteroatoms. The molecular formula is C9H16N2O5. The highest BCUT2D eigenvalue weighted by molar-refractivity contribution is 5.87. The molecule has 0 aromatic carbocycles. The average molecular weight is 232 g/mol. The molecule has 0 heterocycles. The summed E-state index contributed by atoms with van der Waals surface area (Å²) in [6.07, 6.45) is 0.00237. The van der Waals surface area contributed by atoms with Crippen molar-refractivity contribution in [1.29, 1.82) is 0 Å². The quantitative estimate of drug-likeness (QED) is 0.452. The van der Waals surface area contributed by atoms with E-state index in [9.17, 15) is 14.4 Å². The van der Waals surface area contributed by atoms with Gasteiger partial charge in [-0.1, -0.05) is 6.92 Å². The molecule has 0 fully saturated rings. The lowest BCUT2D eigenvalue weighted by Gasteiger charge is -2.15. The van der Waals surface area contributed by atoms with Gasteiger partial charge in [0.2, 0.25) is 5.91 Å². The van der Waals surface area contributed by atoms with E-state index in [1.807, 2.05) is 0 Å². The Morgan fingerprint density at radius 2 is 1.88 bits per heavy atom. The van der Waals surface area contributed by atoms with Crippen LogP contribution in [0.15, 0.2) is 0 Å². The first-order chi connectivity index (χ1) is 7.38. The number of aliphatic carboxylic acids is 2. The molecule has 0 aromatic heterocycles. The Morgan fingerprint density at radius 1 is 1.31 bits per heavy atom. The molecule has 0 aliphatic heterocycles. The Morgan fingerprint density at radius 3 is 2.25 bits per heavy atom. The Hall–Kier alpha value is -1.63. The summed E-state index contributed by atoms with van der Waals surface area (Å²) in [6, 6.07) is -1.98. The molecule has 7 nitrogen and oxygen atoms in total. The van der Waals surface area contributed by atoms with Crippen LogP contribution in [0.4, 0.5) is 0 Å². The predicted octanol–water partition coefficient (Wildman–Crippen LogP) is -0.842. The van der Waals surface area contributed by atoms with Crippen molar-refractivity contribution >= 4 is 17.8 Å². The zero-order valence-corrected chi connectivity index (χ0v) is 8.97. The van der Waals surface area contributed by atoms with E-state index in [2.05, 4.69) is 5.32 Å². The fourth-order valence-corrected chi connectivity index (χ4v) is 1.03. The van der Waals surface area contributed by atoms with Gasteiger partial charge in [0.25, 0.3) is 0 Å². The minimum Gasteiger partial charge on any atom is -0.481 e. The normalized spacial score (nSPS) is 13.9. The molecule has 0 aliphatic rings. The van der Waals surface area contributed by atoms with E-state index >= 15 is 0 Å². The fraction of sp³-hybridized carbons (Fsp3) is 0.667. The van der Waals surface area contributed by atoms with Gasteiger partial charge < -0.3 is 21.3 Å². The van der Waals surface area contributed by atoms with Crippen molar-refractivity contribution in [2.45, 2.75) is 38.3 Å². The molecule has 2 atom stereocenters. The summed E-state index contributed by atoms with van der Waals surface area (Å²) in [5, 5.41) is 19.3. The highest BCUT2D eigenvalue weighted by atomic mass is 16.4. The molecule has 0 rings (SSSR count). The average Bonchev–Trinajstić information content (AvgIpc) is 2.21. The zero-order valence-electron chi connectivity index (χ0n) is 8.97. The predicted molar refractivity (Wildman–Crippen MR) is 54.7 cm³/mol. The maximum atomic E-state index is 11.3. The number of nitrogens with two attached hydrogens (primary N) is 1. The molecule has 0 radical (unpaired) electrons. The van der Waals surface area contributed by atoms with Crippen LogP contribution in [0, 0.1) is 0 Å². The van der Waals surface area contributed by atoms with E-state index in [1.54, 1.807) is 6.92 Å². The number of nitrogens with one attached hydrogen (secondary N) is 1. The Bertz CT molecular complexity index is 279. The molecule has 16 heavy (non-hydrogen) atoms. The Kier molecular flexibility index (Phi) is 6.09. The summed E-state index contributed by atoms with van der Waals surface area (Å²) in [4.78, 5) is 32.2. The Balaban J connectivity index is 4.13. The second-order valence-corrected chi connectivity index (χ2v) is 3.35. The number of carboxylic acids is 2. The summed E-state index contributed by atoms with van der Waals surface area (Å²) in [5.74, 6) is -2.83. The monoisotopic (exact) mass is 232 g/mol. The lowest BCUT2D eigenvalue weighted by Crippen LogP contribution is -2.48. The van der Waals surface area contributed by atoms with Gasteiger partial charge in [-0.2, -0.15) is 0 Å². The third-order valence-electron chi connectivity index (χ3n) is 2.03. The second kappa shape index (κ2) is 6.78. The topological polar surface area (TPSA) is 130 Å². The standard InChI is InChI=1S/C9H16N2O5/c1-2-6(9(15)16)11-8(14)5(10)3-4-7(12)13/h5-6H,2-4,10H2,1H3,(H,11,14)(H,12,13)(H,15,16)/t5?,6-/m1/s1. The van der Waals surface area contributed by atoms with Crippen LogP contribution in [0.1, 0.15) is 26.2 Å². The van der Waals surface area contributed by atoms with Crippen molar-refractivity contribution in [3.63, 3.8) is 0 Å². The third kappa shape index (κ3) is 5.30. The van der Waals surface area contributed by atoms with Crippen LogP contribution in [-0.4, -0.2) is 40.1 Å². The van der Waals surface area contributed by atoms with E-state index in [4.69, 9.17) is 15.9 Å². The molecular weight excluding hydrogens is 216 g/mol. The summed E-state index contributed by atoms with van der Waals surface area (Å²) >= 11 is 0. The van der Waals surface area contributed by atoms with Gasteiger partial charge in [0, 0.05) is 6.42 Å². The first kappa shape index (κ1) is 14.4. The van der Waals surface area contributed by atoms with Gasteiger partial charge in [0.05, 0.1) is 6.04 Å². The van der Waals surface area contributed by atoms with E-state index < -0.39 is 29.9 Å². The molecule has 5 N–H and O–H groups in total. The van der Waals surface area contributed by atoms with Crippen LogP contribution in [0.2, 0.25) is 0 Å². The summed E-state index contributed by atoms with van der Waals surface area (Å²) in [5.41, 5.74) is 5.40. The van der Waals surface area contributed by atoms with Gasteiger partial charge in [-0.15, -0.1) is 0 Å². The number of amides is 1. The number of hydrogen-bond acceptors (Lipinski definition) is 4. The first-order valence-corrected chi connectivity index (χ1v) is 4.89. The molecule has 0 saturated heterocycles. The van der Waals surface area contributed by atoms with Crippen LogP contribution in [0.3, 0.4) is 0 Å². The van der Waals surface area contributed by atoms with E-state index in [0.717, 1.165) is 0 Å². The highest BCUT2D eigenvalue weighted by Gasteiger charge is 2.21. The van der Waals surface area contributed by atoms with Crippen molar-refractivity contribution in [2.75, 3.05) is 0 Å². The van der Waals surface area contributed by atoms with Crippen molar-refractivity contribution in [2.24, 2.45) is 5.73 Å². The molecule has 1 amide bonds.